The predicted molar refractivity (Wildman–Crippen MR) is 56.9 cm³/mol. The van der Waals surface area contributed by atoms with Gasteiger partial charge in [-0.05, 0) is 0 Å². The number of carbonyl (C=O) groups excluding carboxylic acids is 1. The maximum absolute atomic E-state index is 11.8. The van der Waals surface area contributed by atoms with Crippen LogP contribution in [0.3, 0.4) is 0 Å². The predicted octanol–water partition coefficient (Wildman–Crippen LogP) is -0.00110. The Balaban J connectivity index is 2.08. The molecule has 2 aromatic heterocycles. The Labute approximate surface area is 91.5 Å². The van der Waals surface area contributed by atoms with Gasteiger partial charge in [0.15, 0.2) is 5.65 Å². The molecule has 1 fully saturated rings. The third kappa shape index (κ3) is 1.38. The number of nitrogens with zero attached hydrogens (tertiary/aromatic N) is 3. The van der Waals surface area contributed by atoms with Crippen LogP contribution in [0.2, 0.25) is 0 Å². The van der Waals surface area contributed by atoms with Gasteiger partial charge in [-0.2, -0.15) is 5.10 Å². The van der Waals surface area contributed by atoms with Crippen LogP contribution in [-0.2, 0) is 4.79 Å². The Bertz CT molecular complexity index is 535. The highest BCUT2D eigenvalue weighted by Gasteiger charge is 2.27. The zero-order chi connectivity index (χ0) is 11.0. The van der Waals surface area contributed by atoms with Crippen LogP contribution in [-0.4, -0.2) is 39.0 Å². The second kappa shape index (κ2) is 3.64. The summed E-state index contributed by atoms with van der Waals surface area (Å²) in [6.45, 7) is 1.40. The van der Waals surface area contributed by atoms with Crippen molar-refractivity contribution in [1.82, 2.24) is 25.5 Å². The van der Waals surface area contributed by atoms with Crippen molar-refractivity contribution in [2.75, 3.05) is 13.1 Å². The van der Waals surface area contributed by atoms with E-state index < -0.39 is 0 Å². The largest absolute Gasteiger partial charge is 0.315 e. The Morgan fingerprint density at radius 3 is 3.06 bits per heavy atom. The van der Waals surface area contributed by atoms with Crippen LogP contribution in [0.5, 0.6) is 0 Å². The summed E-state index contributed by atoms with van der Waals surface area (Å²) in [6, 6.07) is 0. The molecule has 0 amide bonds. The van der Waals surface area contributed by atoms with Gasteiger partial charge in [-0.3, -0.25) is 9.89 Å². The summed E-state index contributed by atoms with van der Waals surface area (Å²) >= 11 is 0. The molecule has 0 aliphatic carbocycles. The van der Waals surface area contributed by atoms with E-state index in [1.54, 1.807) is 12.4 Å². The minimum Gasteiger partial charge on any atom is -0.315 e. The van der Waals surface area contributed by atoms with Gasteiger partial charge in [-0.15, -0.1) is 0 Å². The van der Waals surface area contributed by atoms with Gasteiger partial charge < -0.3 is 5.32 Å². The number of hydrogen-bond donors (Lipinski definition) is 2. The number of rotatable bonds is 1. The normalized spacial score (nSPS) is 21.5. The average Bonchev–Trinajstić information content (AvgIpc) is 2.74. The number of nitrogens with one attached hydrogen (secondary N) is 2. The van der Waals surface area contributed by atoms with Crippen LogP contribution in [0.25, 0.3) is 11.2 Å². The summed E-state index contributed by atoms with van der Waals surface area (Å²) in [4.78, 5) is 20.1. The molecule has 0 aromatic carbocycles. The van der Waals surface area contributed by atoms with Crippen LogP contribution in [0.1, 0.15) is 18.0 Å². The molecule has 0 radical (unpaired) electrons. The van der Waals surface area contributed by atoms with E-state index in [1.165, 1.54) is 0 Å². The van der Waals surface area contributed by atoms with Crippen molar-refractivity contribution in [3.05, 3.63) is 18.1 Å². The highest BCUT2D eigenvalue weighted by molar-refractivity contribution is 5.90. The molecular weight excluding hydrogens is 206 g/mol. The smallest absolute Gasteiger partial charge is 0.199 e. The minimum atomic E-state index is -0.171. The second-order valence-electron chi connectivity index (χ2n) is 3.84. The van der Waals surface area contributed by atoms with E-state index in [2.05, 4.69) is 25.5 Å². The van der Waals surface area contributed by atoms with Gasteiger partial charge in [-0.25, -0.2) is 9.97 Å². The summed E-state index contributed by atoms with van der Waals surface area (Å²) in [5.41, 5.74) is 2.04. The van der Waals surface area contributed by atoms with Gasteiger partial charge in [0.1, 0.15) is 11.3 Å². The van der Waals surface area contributed by atoms with Crippen LogP contribution in [0, 0.1) is 0 Å². The summed E-state index contributed by atoms with van der Waals surface area (Å²) in [7, 11) is 0. The number of ketones is 1. The van der Waals surface area contributed by atoms with Gasteiger partial charge in [0.05, 0.1) is 11.6 Å². The van der Waals surface area contributed by atoms with Crippen molar-refractivity contribution in [1.29, 1.82) is 0 Å². The fraction of sp³-hybridized carbons (Fsp3) is 0.400. The van der Waals surface area contributed by atoms with Gasteiger partial charge in [0, 0.05) is 31.9 Å². The number of Topliss-reactive ketones (excluding diaryl/α,β-unsaturated/α-hetero) is 1. The van der Waals surface area contributed by atoms with E-state index in [-0.39, 0.29) is 11.7 Å². The topological polar surface area (TPSA) is 83.6 Å². The molecule has 2 N–H and O–H groups in total. The molecule has 6 nitrogen and oxygen atoms in total. The average molecular weight is 217 g/mol. The molecule has 16 heavy (non-hydrogen) atoms. The van der Waals surface area contributed by atoms with E-state index in [9.17, 15) is 4.79 Å². The van der Waals surface area contributed by atoms with Crippen molar-refractivity contribution < 1.29 is 4.79 Å². The first-order valence-electron chi connectivity index (χ1n) is 5.24. The lowest BCUT2D eigenvalue weighted by atomic mass is 9.94. The van der Waals surface area contributed by atoms with Gasteiger partial charge in [0.25, 0.3) is 0 Å². The molecular formula is C10H11N5O. The molecule has 0 bridgehead atoms. The van der Waals surface area contributed by atoms with E-state index in [0.29, 0.717) is 24.1 Å². The summed E-state index contributed by atoms with van der Waals surface area (Å²) in [6.07, 6.45) is 3.77. The number of carbonyl (C=O) groups is 1. The third-order valence-corrected chi connectivity index (χ3v) is 2.85. The number of hydrogen-bond acceptors (Lipinski definition) is 5. The van der Waals surface area contributed by atoms with Crippen molar-refractivity contribution >= 4 is 16.9 Å². The summed E-state index contributed by atoms with van der Waals surface area (Å²) in [5.74, 6) is 0.0606. The lowest BCUT2D eigenvalue weighted by Crippen LogP contribution is -2.35. The zero-order valence-corrected chi connectivity index (χ0v) is 8.60. The third-order valence-electron chi connectivity index (χ3n) is 2.85. The van der Waals surface area contributed by atoms with E-state index in [4.69, 9.17) is 0 Å². The fourth-order valence-corrected chi connectivity index (χ4v) is 2.02. The quantitative estimate of drug-likeness (QED) is 0.702. The monoisotopic (exact) mass is 217 g/mol. The Morgan fingerprint density at radius 1 is 1.31 bits per heavy atom. The number of H-pyrrole nitrogens is 1. The number of aromatic amines is 1. The zero-order valence-electron chi connectivity index (χ0n) is 8.60. The molecule has 3 rings (SSSR count). The molecule has 1 atom stereocenters. The number of aromatic nitrogens is 4. The molecule has 0 saturated carbocycles. The van der Waals surface area contributed by atoms with Crippen molar-refractivity contribution in [2.45, 2.75) is 12.3 Å². The Hall–Kier alpha value is -1.82. The van der Waals surface area contributed by atoms with Crippen molar-refractivity contribution in [3.63, 3.8) is 0 Å². The van der Waals surface area contributed by atoms with Crippen LogP contribution in [0.15, 0.2) is 12.4 Å². The number of piperidine rings is 1. The molecule has 1 aliphatic heterocycles. The van der Waals surface area contributed by atoms with E-state index in [1.807, 2.05) is 0 Å². The van der Waals surface area contributed by atoms with E-state index >= 15 is 0 Å². The molecule has 1 aliphatic rings. The first kappa shape index (κ1) is 9.41. The molecule has 2 aromatic rings. The lowest BCUT2D eigenvalue weighted by Gasteiger charge is -2.20. The maximum atomic E-state index is 11.8. The highest BCUT2D eigenvalue weighted by atomic mass is 16.1. The van der Waals surface area contributed by atoms with E-state index in [0.717, 1.165) is 12.2 Å². The molecule has 1 saturated heterocycles. The molecule has 0 spiro atoms. The molecule has 1 unspecified atom stereocenters. The maximum Gasteiger partial charge on any atom is 0.199 e. The van der Waals surface area contributed by atoms with Gasteiger partial charge >= 0.3 is 0 Å². The lowest BCUT2D eigenvalue weighted by molar-refractivity contribution is -0.121. The minimum absolute atomic E-state index is 0.171. The van der Waals surface area contributed by atoms with Gasteiger partial charge in [0.2, 0.25) is 0 Å². The highest BCUT2D eigenvalue weighted by Crippen LogP contribution is 2.23. The van der Waals surface area contributed by atoms with Crippen molar-refractivity contribution in [2.24, 2.45) is 0 Å². The fourth-order valence-electron chi connectivity index (χ4n) is 2.02. The van der Waals surface area contributed by atoms with Crippen LogP contribution in [0.4, 0.5) is 0 Å². The molecule has 6 heteroatoms. The first-order chi connectivity index (χ1) is 7.86. The first-order valence-corrected chi connectivity index (χ1v) is 5.24. The van der Waals surface area contributed by atoms with Crippen LogP contribution < -0.4 is 5.32 Å². The Morgan fingerprint density at radius 2 is 2.19 bits per heavy atom. The van der Waals surface area contributed by atoms with Crippen molar-refractivity contribution in [3.8, 4) is 0 Å². The SMILES string of the molecule is O=C1CCNCC1c1[nH]nc2nccnc12. The molecule has 3 heterocycles. The molecule has 82 valence electrons. The summed E-state index contributed by atoms with van der Waals surface area (Å²) < 4.78 is 0. The standard InChI is InChI=1S/C10H11N5O/c16-7-1-2-11-5-6(7)8-9-10(15-14-8)13-4-3-12-9/h3-4,6,11H,1-2,5H2,(H,13,14,15). The Kier molecular flexibility index (Phi) is 2.14. The van der Waals surface area contributed by atoms with Gasteiger partial charge in [-0.1, -0.05) is 0 Å². The number of fused-ring (bicyclic) bond motifs is 1. The second-order valence-corrected chi connectivity index (χ2v) is 3.84. The summed E-state index contributed by atoms with van der Waals surface area (Å²) in [5, 5.41) is 10.1. The van der Waals surface area contributed by atoms with Crippen LogP contribution >= 0.6 is 0 Å².